The van der Waals surface area contributed by atoms with Crippen LogP contribution in [-0.2, 0) is 9.59 Å². The Morgan fingerprint density at radius 1 is 0.941 bits per heavy atom. The van der Waals surface area contributed by atoms with E-state index in [1.165, 1.54) is 5.57 Å². The average Bonchev–Trinajstić information content (AvgIpc) is 2.70. The van der Waals surface area contributed by atoms with Crippen LogP contribution in [0.4, 0.5) is 0 Å². The van der Waals surface area contributed by atoms with Gasteiger partial charge in [0.2, 0.25) is 0 Å². The van der Waals surface area contributed by atoms with Gasteiger partial charge in [-0.2, -0.15) is 0 Å². The molecule has 4 saturated carbocycles. The number of hydrogen-bond donors (Lipinski definition) is 2. The number of aliphatic carboxylic acids is 1. The molecule has 0 heterocycles. The van der Waals surface area contributed by atoms with Crippen LogP contribution in [0.25, 0.3) is 0 Å². The lowest BCUT2D eigenvalue weighted by Crippen LogP contribution is -2.66. The molecule has 0 spiro atoms. The molecule has 4 fully saturated rings. The Morgan fingerprint density at radius 2 is 1.62 bits per heavy atom. The minimum Gasteiger partial charge on any atom is -0.481 e. The summed E-state index contributed by atoms with van der Waals surface area (Å²) in [7, 11) is 0. The van der Waals surface area contributed by atoms with Crippen molar-refractivity contribution in [2.45, 2.75) is 112 Å². The standard InChI is InChI=1S/C30H46O4/c1-25(2)16-19-18-8-9-21-27(5)12-11-22(31)26(3,4)20(27)10-13-29(21,7)28(18,6)14-15-30(19,24(33)34)23(32)17-25/h8,19-21,23,32H,9-17H2,1-7H3,(H,33,34)/t19-,20-,21+,23-,27-,28+,29+,30-/m0/s1. The van der Waals surface area contributed by atoms with Crippen LogP contribution in [0.5, 0.6) is 0 Å². The molecule has 34 heavy (non-hydrogen) atoms. The number of Topliss-reactive ketones (excluding diaryl/α,β-unsaturated/α-hetero) is 1. The van der Waals surface area contributed by atoms with E-state index in [-0.39, 0.29) is 33.0 Å². The molecule has 2 N–H and O–H groups in total. The maximum atomic E-state index is 12.9. The third-order valence-electron chi connectivity index (χ3n) is 12.8. The van der Waals surface area contributed by atoms with Crippen LogP contribution < -0.4 is 0 Å². The van der Waals surface area contributed by atoms with Crippen LogP contribution in [0.3, 0.4) is 0 Å². The maximum absolute atomic E-state index is 12.9. The Labute approximate surface area is 206 Å². The fourth-order valence-electron chi connectivity index (χ4n) is 10.6. The number of rotatable bonds is 1. The fraction of sp³-hybridized carbons (Fsp3) is 0.867. The van der Waals surface area contributed by atoms with Crippen molar-refractivity contribution in [3.8, 4) is 0 Å². The summed E-state index contributed by atoms with van der Waals surface area (Å²) in [4.78, 5) is 25.7. The summed E-state index contributed by atoms with van der Waals surface area (Å²) in [6.45, 7) is 16.1. The van der Waals surface area contributed by atoms with Gasteiger partial charge in [0.05, 0.1) is 6.10 Å². The van der Waals surface area contributed by atoms with E-state index in [2.05, 4.69) is 54.5 Å². The number of carbonyl (C=O) groups is 2. The van der Waals surface area contributed by atoms with Gasteiger partial charge in [-0.15, -0.1) is 0 Å². The van der Waals surface area contributed by atoms with E-state index in [9.17, 15) is 19.8 Å². The number of carbonyl (C=O) groups excluding carboxylic acids is 1. The first-order chi connectivity index (χ1) is 15.6. The lowest BCUT2D eigenvalue weighted by atomic mass is 9.33. The molecule has 4 heteroatoms. The second kappa shape index (κ2) is 6.99. The highest BCUT2D eigenvalue weighted by Gasteiger charge is 2.70. The quantitative estimate of drug-likeness (QED) is 0.434. The SMILES string of the molecule is CC1(C)C[C@H](O)[C@]2(C(=O)O)CC[C@]3(C)C(=CC[C@@H]4[C@@]5(C)CCC(=O)C(C)(C)[C@@H]5CC[C@]43C)[C@@H]2C1. The van der Waals surface area contributed by atoms with E-state index < -0.39 is 17.5 Å². The summed E-state index contributed by atoms with van der Waals surface area (Å²) >= 11 is 0. The van der Waals surface area contributed by atoms with Gasteiger partial charge in [-0.05, 0) is 90.8 Å². The summed E-state index contributed by atoms with van der Waals surface area (Å²) in [5.41, 5.74) is 0.0910. The molecule has 4 nitrogen and oxygen atoms in total. The first-order valence-corrected chi connectivity index (χ1v) is 13.7. The summed E-state index contributed by atoms with van der Waals surface area (Å²) in [5, 5.41) is 21.8. The number of ketones is 1. The molecule has 5 aliphatic rings. The van der Waals surface area contributed by atoms with Crippen molar-refractivity contribution in [2.75, 3.05) is 0 Å². The van der Waals surface area contributed by atoms with Crippen molar-refractivity contribution in [3.05, 3.63) is 11.6 Å². The molecule has 5 aliphatic carbocycles. The minimum atomic E-state index is -1.05. The van der Waals surface area contributed by atoms with Gasteiger partial charge in [-0.3, -0.25) is 9.59 Å². The van der Waals surface area contributed by atoms with E-state index in [1.807, 2.05) is 0 Å². The third kappa shape index (κ3) is 2.75. The van der Waals surface area contributed by atoms with Crippen molar-refractivity contribution in [2.24, 2.45) is 50.2 Å². The summed E-state index contributed by atoms with van der Waals surface area (Å²) < 4.78 is 0. The lowest BCUT2D eigenvalue weighted by Gasteiger charge is -2.70. The predicted molar refractivity (Wildman–Crippen MR) is 133 cm³/mol. The molecule has 0 unspecified atom stereocenters. The minimum absolute atomic E-state index is 0.0632. The van der Waals surface area contributed by atoms with E-state index in [4.69, 9.17) is 0 Å². The molecule has 190 valence electrons. The van der Waals surface area contributed by atoms with Crippen LogP contribution in [0.15, 0.2) is 11.6 Å². The van der Waals surface area contributed by atoms with Gasteiger partial charge in [0.15, 0.2) is 0 Å². The van der Waals surface area contributed by atoms with Crippen LogP contribution in [-0.4, -0.2) is 28.1 Å². The first-order valence-electron chi connectivity index (χ1n) is 13.7. The monoisotopic (exact) mass is 470 g/mol. The highest BCUT2D eigenvalue weighted by molar-refractivity contribution is 5.85. The molecule has 0 radical (unpaired) electrons. The number of aliphatic hydroxyl groups excluding tert-OH is 1. The van der Waals surface area contributed by atoms with E-state index >= 15 is 0 Å². The van der Waals surface area contributed by atoms with Gasteiger partial charge in [0.1, 0.15) is 11.2 Å². The fourth-order valence-corrected chi connectivity index (χ4v) is 10.6. The van der Waals surface area contributed by atoms with Crippen molar-refractivity contribution in [1.29, 1.82) is 0 Å². The van der Waals surface area contributed by atoms with Crippen molar-refractivity contribution in [3.63, 3.8) is 0 Å². The first kappa shape index (κ1) is 24.5. The molecule has 5 rings (SSSR count). The number of carboxylic acid groups (broad SMARTS) is 1. The number of allylic oxidation sites excluding steroid dienone is 2. The van der Waals surface area contributed by atoms with E-state index in [1.54, 1.807) is 0 Å². The molecule has 0 aromatic rings. The molecular weight excluding hydrogens is 424 g/mol. The van der Waals surface area contributed by atoms with Gasteiger partial charge in [0, 0.05) is 11.8 Å². The number of fused-ring (bicyclic) bond motifs is 7. The molecule has 8 atom stereocenters. The van der Waals surface area contributed by atoms with Crippen molar-refractivity contribution < 1.29 is 19.8 Å². The van der Waals surface area contributed by atoms with Gasteiger partial charge >= 0.3 is 5.97 Å². The Kier molecular flexibility index (Phi) is 5.04. The number of carboxylic acids is 1. The molecule has 0 amide bonds. The second-order valence-corrected chi connectivity index (χ2v) is 14.9. The summed E-state index contributed by atoms with van der Waals surface area (Å²) in [6.07, 6.45) is 9.23. The topological polar surface area (TPSA) is 74.6 Å². The summed E-state index contributed by atoms with van der Waals surface area (Å²) in [6, 6.07) is 0. The van der Waals surface area contributed by atoms with Crippen molar-refractivity contribution >= 4 is 11.8 Å². The van der Waals surface area contributed by atoms with Crippen LogP contribution in [0.2, 0.25) is 0 Å². The van der Waals surface area contributed by atoms with Gasteiger partial charge in [-0.1, -0.05) is 60.1 Å². The van der Waals surface area contributed by atoms with Gasteiger partial charge in [0.25, 0.3) is 0 Å². The molecule has 0 bridgehead atoms. The highest BCUT2D eigenvalue weighted by Crippen LogP contribution is 2.75. The Balaban J connectivity index is 1.62. The Morgan fingerprint density at radius 3 is 2.26 bits per heavy atom. The number of hydrogen-bond acceptors (Lipinski definition) is 3. The second-order valence-electron chi connectivity index (χ2n) is 14.9. The zero-order valence-corrected chi connectivity index (χ0v) is 22.5. The van der Waals surface area contributed by atoms with E-state index in [0.717, 1.165) is 38.5 Å². The predicted octanol–water partition coefficient (Wildman–Crippen LogP) is 6.41. The normalized spacial score (nSPS) is 51.3. The Bertz CT molecular complexity index is 961. The van der Waals surface area contributed by atoms with Gasteiger partial charge in [-0.25, -0.2) is 0 Å². The van der Waals surface area contributed by atoms with Crippen molar-refractivity contribution in [1.82, 2.24) is 0 Å². The summed E-state index contributed by atoms with van der Waals surface area (Å²) in [5.74, 6) is 0.432. The third-order valence-corrected chi connectivity index (χ3v) is 12.8. The molecule has 0 aromatic heterocycles. The average molecular weight is 471 g/mol. The van der Waals surface area contributed by atoms with Crippen LogP contribution in [0.1, 0.15) is 106 Å². The molecule has 0 saturated heterocycles. The van der Waals surface area contributed by atoms with Crippen LogP contribution in [0, 0.1) is 50.2 Å². The lowest BCUT2D eigenvalue weighted by molar-refractivity contribution is -0.200. The largest absolute Gasteiger partial charge is 0.481 e. The molecule has 0 aromatic carbocycles. The maximum Gasteiger partial charge on any atom is 0.312 e. The van der Waals surface area contributed by atoms with Gasteiger partial charge < -0.3 is 10.2 Å². The van der Waals surface area contributed by atoms with Crippen LogP contribution >= 0.6 is 0 Å². The van der Waals surface area contributed by atoms with E-state index in [0.29, 0.717) is 36.9 Å². The smallest absolute Gasteiger partial charge is 0.312 e. The Hall–Kier alpha value is -1.16. The zero-order valence-electron chi connectivity index (χ0n) is 22.5. The zero-order chi connectivity index (χ0) is 25.1. The highest BCUT2D eigenvalue weighted by atomic mass is 16.4. The molecule has 0 aliphatic heterocycles. The number of aliphatic hydroxyl groups is 1. The molecular formula is C30H46O4.